The smallest absolute Gasteiger partial charge is 0.308 e. The Hall–Kier alpha value is -1.42. The van der Waals surface area contributed by atoms with Crippen LogP contribution in [-0.2, 0) is 0 Å². The molecular weight excluding hydrogens is 244 g/mol. The molecular formula is C14H18N2OS. The molecule has 1 N–H and O–H groups in total. The van der Waals surface area contributed by atoms with Gasteiger partial charge in [0.1, 0.15) is 0 Å². The largest absolute Gasteiger partial charge is 0.326 e. The number of para-hydroxylation sites is 1. The molecule has 4 heteroatoms. The molecule has 1 aliphatic rings. The number of carbonyl (C=O) groups excluding carboxylic acids is 1. The van der Waals surface area contributed by atoms with E-state index in [1.165, 1.54) is 4.91 Å². The SMILES string of the molecule is CCC1=C(C)SCCN1C(=O)Nc1ccccc1. The average molecular weight is 262 g/mol. The van der Waals surface area contributed by atoms with E-state index in [4.69, 9.17) is 0 Å². The molecule has 0 radical (unpaired) electrons. The van der Waals surface area contributed by atoms with Crippen molar-refractivity contribution in [1.82, 2.24) is 4.90 Å². The lowest BCUT2D eigenvalue weighted by molar-refractivity contribution is 0.225. The number of anilines is 1. The fourth-order valence-electron chi connectivity index (χ4n) is 2.07. The Balaban J connectivity index is 2.11. The van der Waals surface area contributed by atoms with Crippen molar-refractivity contribution in [3.63, 3.8) is 0 Å². The van der Waals surface area contributed by atoms with Crippen LogP contribution in [0.2, 0.25) is 0 Å². The molecule has 1 aromatic carbocycles. The maximum atomic E-state index is 12.3. The summed E-state index contributed by atoms with van der Waals surface area (Å²) in [6.07, 6.45) is 0.890. The second-order valence-corrected chi connectivity index (χ2v) is 5.46. The maximum Gasteiger partial charge on any atom is 0.326 e. The number of nitrogens with zero attached hydrogens (tertiary/aromatic N) is 1. The van der Waals surface area contributed by atoms with Gasteiger partial charge in [-0.1, -0.05) is 25.1 Å². The van der Waals surface area contributed by atoms with Crippen molar-refractivity contribution >= 4 is 23.5 Å². The summed E-state index contributed by atoms with van der Waals surface area (Å²) in [5, 5.41) is 2.94. The van der Waals surface area contributed by atoms with Crippen LogP contribution in [0.4, 0.5) is 10.5 Å². The van der Waals surface area contributed by atoms with Gasteiger partial charge in [-0.2, -0.15) is 0 Å². The van der Waals surface area contributed by atoms with Crippen LogP contribution in [0, 0.1) is 0 Å². The Kier molecular flexibility index (Phi) is 4.31. The molecule has 0 aromatic heterocycles. The molecule has 0 saturated carbocycles. The number of thioether (sulfide) groups is 1. The average Bonchev–Trinajstić information content (AvgIpc) is 2.39. The maximum absolute atomic E-state index is 12.3. The molecule has 0 spiro atoms. The summed E-state index contributed by atoms with van der Waals surface area (Å²) < 4.78 is 0. The van der Waals surface area contributed by atoms with Gasteiger partial charge >= 0.3 is 6.03 Å². The lowest BCUT2D eigenvalue weighted by Gasteiger charge is -2.30. The number of urea groups is 1. The molecule has 18 heavy (non-hydrogen) atoms. The summed E-state index contributed by atoms with van der Waals surface area (Å²) in [6, 6.07) is 9.55. The first-order valence-corrected chi connectivity index (χ1v) is 7.17. The van der Waals surface area contributed by atoms with E-state index in [2.05, 4.69) is 19.2 Å². The van der Waals surface area contributed by atoms with Crippen molar-refractivity contribution in [2.45, 2.75) is 20.3 Å². The topological polar surface area (TPSA) is 32.3 Å². The molecule has 0 bridgehead atoms. The van der Waals surface area contributed by atoms with Gasteiger partial charge in [-0.15, -0.1) is 11.8 Å². The van der Waals surface area contributed by atoms with E-state index >= 15 is 0 Å². The minimum Gasteiger partial charge on any atom is -0.308 e. The van der Waals surface area contributed by atoms with Crippen LogP contribution in [0.5, 0.6) is 0 Å². The number of nitrogens with one attached hydrogen (secondary N) is 1. The van der Waals surface area contributed by atoms with Crippen molar-refractivity contribution in [3.05, 3.63) is 40.9 Å². The quantitative estimate of drug-likeness (QED) is 0.876. The van der Waals surface area contributed by atoms with E-state index in [-0.39, 0.29) is 6.03 Å². The van der Waals surface area contributed by atoms with Gasteiger partial charge in [-0.3, -0.25) is 4.90 Å². The molecule has 2 rings (SSSR count). The Morgan fingerprint density at radius 3 is 2.78 bits per heavy atom. The third-order valence-electron chi connectivity index (χ3n) is 2.97. The van der Waals surface area contributed by atoms with E-state index in [0.717, 1.165) is 30.1 Å². The highest BCUT2D eigenvalue weighted by molar-refractivity contribution is 8.03. The molecule has 0 fully saturated rings. The number of allylic oxidation sites excluding steroid dienone is 2. The van der Waals surface area contributed by atoms with Gasteiger partial charge in [-0.25, -0.2) is 4.79 Å². The standard InChI is InChI=1S/C14H18N2OS/c1-3-13-11(2)18-10-9-16(13)14(17)15-12-7-5-4-6-8-12/h4-8H,3,9-10H2,1-2H3,(H,15,17). The number of rotatable bonds is 2. The summed E-state index contributed by atoms with van der Waals surface area (Å²) in [4.78, 5) is 15.4. The highest BCUT2D eigenvalue weighted by Crippen LogP contribution is 2.29. The van der Waals surface area contributed by atoms with Crippen LogP contribution in [0.3, 0.4) is 0 Å². The molecule has 2 amide bonds. The summed E-state index contributed by atoms with van der Waals surface area (Å²) >= 11 is 1.84. The zero-order chi connectivity index (χ0) is 13.0. The molecule has 96 valence electrons. The van der Waals surface area contributed by atoms with Crippen molar-refractivity contribution in [1.29, 1.82) is 0 Å². The summed E-state index contributed by atoms with van der Waals surface area (Å²) in [5.74, 6) is 0.970. The second kappa shape index (κ2) is 5.96. The van der Waals surface area contributed by atoms with Crippen molar-refractivity contribution in [2.75, 3.05) is 17.6 Å². The third-order valence-corrected chi connectivity index (χ3v) is 4.03. The van der Waals surface area contributed by atoms with Gasteiger partial charge in [0.15, 0.2) is 0 Å². The highest BCUT2D eigenvalue weighted by Gasteiger charge is 2.22. The fraction of sp³-hybridized carbons (Fsp3) is 0.357. The van der Waals surface area contributed by atoms with E-state index in [1.807, 2.05) is 47.0 Å². The zero-order valence-electron chi connectivity index (χ0n) is 10.8. The van der Waals surface area contributed by atoms with Gasteiger partial charge in [0.2, 0.25) is 0 Å². The van der Waals surface area contributed by atoms with Crippen molar-refractivity contribution in [2.24, 2.45) is 0 Å². The molecule has 0 unspecified atom stereocenters. The van der Waals surface area contributed by atoms with Gasteiger partial charge in [-0.05, 0) is 25.5 Å². The van der Waals surface area contributed by atoms with Gasteiger partial charge in [0.05, 0.1) is 0 Å². The highest BCUT2D eigenvalue weighted by atomic mass is 32.2. The van der Waals surface area contributed by atoms with Crippen LogP contribution < -0.4 is 5.32 Å². The van der Waals surface area contributed by atoms with Gasteiger partial charge in [0.25, 0.3) is 0 Å². The van der Waals surface area contributed by atoms with Crippen molar-refractivity contribution in [3.8, 4) is 0 Å². The monoisotopic (exact) mass is 262 g/mol. The first kappa shape index (κ1) is 13.0. The number of carbonyl (C=O) groups is 1. The Labute approximate surface area is 112 Å². The first-order valence-electron chi connectivity index (χ1n) is 6.18. The summed E-state index contributed by atoms with van der Waals surface area (Å²) in [6.45, 7) is 4.96. The second-order valence-electron chi connectivity index (χ2n) is 4.15. The van der Waals surface area contributed by atoms with Crippen LogP contribution in [-0.4, -0.2) is 23.2 Å². The predicted octanol–water partition coefficient (Wildman–Crippen LogP) is 3.91. The van der Waals surface area contributed by atoms with Gasteiger partial charge < -0.3 is 5.32 Å². The zero-order valence-corrected chi connectivity index (χ0v) is 11.6. The molecule has 0 aliphatic carbocycles. The lowest BCUT2D eigenvalue weighted by Crippen LogP contribution is -2.38. The Bertz CT molecular complexity index is 456. The minimum atomic E-state index is -0.0299. The van der Waals surface area contributed by atoms with Crippen LogP contribution in [0.15, 0.2) is 40.9 Å². The first-order chi connectivity index (χ1) is 8.72. The van der Waals surface area contributed by atoms with E-state index in [1.54, 1.807) is 0 Å². The lowest BCUT2D eigenvalue weighted by atomic mass is 10.2. The molecule has 0 atom stereocenters. The molecule has 1 aromatic rings. The van der Waals surface area contributed by atoms with Crippen LogP contribution >= 0.6 is 11.8 Å². The molecule has 3 nitrogen and oxygen atoms in total. The summed E-state index contributed by atoms with van der Waals surface area (Å²) in [5.41, 5.74) is 1.98. The molecule has 1 heterocycles. The Morgan fingerprint density at radius 1 is 1.39 bits per heavy atom. The number of hydrogen-bond acceptors (Lipinski definition) is 2. The third kappa shape index (κ3) is 2.88. The molecule has 1 aliphatic heterocycles. The minimum absolute atomic E-state index is 0.0299. The molecule has 0 saturated heterocycles. The van der Waals surface area contributed by atoms with E-state index in [0.29, 0.717) is 0 Å². The van der Waals surface area contributed by atoms with E-state index < -0.39 is 0 Å². The predicted molar refractivity (Wildman–Crippen MR) is 77.6 cm³/mol. The van der Waals surface area contributed by atoms with Crippen LogP contribution in [0.1, 0.15) is 20.3 Å². The van der Waals surface area contributed by atoms with Crippen LogP contribution in [0.25, 0.3) is 0 Å². The number of amides is 2. The summed E-state index contributed by atoms with van der Waals surface area (Å²) in [7, 11) is 0. The number of benzene rings is 1. The van der Waals surface area contributed by atoms with E-state index in [9.17, 15) is 4.79 Å². The van der Waals surface area contributed by atoms with Gasteiger partial charge in [0, 0.05) is 28.6 Å². The fourth-order valence-corrected chi connectivity index (χ4v) is 3.08. The number of hydrogen-bond donors (Lipinski definition) is 1. The van der Waals surface area contributed by atoms with Crippen molar-refractivity contribution < 1.29 is 4.79 Å². The Morgan fingerprint density at radius 2 is 2.11 bits per heavy atom. The normalized spacial score (nSPS) is 15.8.